The molecule has 4 N–H and O–H groups in total. The molecule has 0 bridgehead atoms. The van der Waals surface area contributed by atoms with E-state index in [1.807, 2.05) is 26.0 Å². The number of nitrogens with one attached hydrogen (secondary N) is 2. The van der Waals surface area contributed by atoms with Crippen molar-refractivity contribution in [3.8, 4) is 0 Å². The molecule has 1 aromatic heterocycles. The van der Waals surface area contributed by atoms with Crippen LogP contribution in [0, 0.1) is 13.8 Å². The average Bonchev–Trinajstić information content (AvgIpc) is 2.91. The zero-order valence-corrected chi connectivity index (χ0v) is 12.7. The van der Waals surface area contributed by atoms with Gasteiger partial charge in [0.15, 0.2) is 0 Å². The number of rotatable bonds is 2. The van der Waals surface area contributed by atoms with Crippen molar-refractivity contribution in [2.24, 2.45) is 10.7 Å². The van der Waals surface area contributed by atoms with Crippen LogP contribution in [-0.2, 0) is 12.8 Å². The number of nitrogens with two attached hydrogens (primary N) is 1. The highest BCUT2D eigenvalue weighted by atomic mass is 16.1. The van der Waals surface area contributed by atoms with Gasteiger partial charge in [0.1, 0.15) is 0 Å². The van der Waals surface area contributed by atoms with Gasteiger partial charge in [-0.25, -0.2) is 4.98 Å². The van der Waals surface area contributed by atoms with E-state index >= 15 is 0 Å². The number of anilines is 1. The minimum atomic E-state index is -0.111. The number of hydrogen-bond donors (Lipinski definition) is 3. The molecule has 0 radical (unpaired) electrons. The van der Waals surface area contributed by atoms with Crippen LogP contribution in [0.4, 0.5) is 11.6 Å². The number of aromatic nitrogens is 2. The van der Waals surface area contributed by atoms with E-state index in [1.54, 1.807) is 0 Å². The fourth-order valence-corrected chi connectivity index (χ4v) is 2.72. The predicted octanol–water partition coefficient (Wildman–Crippen LogP) is 1.93. The van der Waals surface area contributed by atoms with Crippen LogP contribution in [0.3, 0.4) is 0 Å². The third-order valence-corrected chi connectivity index (χ3v) is 3.80. The molecule has 1 aromatic carbocycles. The van der Waals surface area contributed by atoms with E-state index in [0.29, 0.717) is 0 Å². The van der Waals surface area contributed by atoms with Crippen molar-refractivity contribution >= 4 is 17.6 Å². The number of benzene rings is 1. The number of hydrogen-bond acceptors (Lipinski definition) is 3. The molecule has 22 heavy (non-hydrogen) atoms. The summed E-state index contributed by atoms with van der Waals surface area (Å²) in [7, 11) is 0. The first-order chi connectivity index (χ1) is 10.5. The average molecular weight is 297 g/mol. The van der Waals surface area contributed by atoms with E-state index in [1.165, 1.54) is 5.56 Å². The number of aliphatic imine (C=N–C) groups is 1. The van der Waals surface area contributed by atoms with Crippen LogP contribution in [0.5, 0.6) is 0 Å². The molecule has 0 saturated heterocycles. The molecular formula is C16H19N5O. The molecule has 2 aromatic rings. The molecule has 0 fully saturated rings. The predicted molar refractivity (Wildman–Crippen MR) is 87.7 cm³/mol. The fourth-order valence-electron chi connectivity index (χ4n) is 2.72. The van der Waals surface area contributed by atoms with Crippen molar-refractivity contribution in [1.29, 1.82) is 0 Å². The Labute approximate surface area is 128 Å². The van der Waals surface area contributed by atoms with E-state index in [2.05, 4.69) is 26.3 Å². The summed E-state index contributed by atoms with van der Waals surface area (Å²) in [6.07, 6.45) is 2.58. The van der Waals surface area contributed by atoms with Crippen LogP contribution in [0.1, 0.15) is 28.8 Å². The highest BCUT2D eigenvalue weighted by molar-refractivity contribution is 5.94. The lowest BCUT2D eigenvalue weighted by atomic mass is 10.1. The Morgan fingerprint density at radius 2 is 2.18 bits per heavy atom. The van der Waals surface area contributed by atoms with Crippen molar-refractivity contribution < 1.29 is 0 Å². The maximum Gasteiger partial charge on any atom is 0.255 e. The zero-order valence-electron chi connectivity index (χ0n) is 12.7. The third-order valence-electron chi connectivity index (χ3n) is 3.80. The van der Waals surface area contributed by atoms with Gasteiger partial charge < -0.3 is 11.1 Å². The van der Waals surface area contributed by atoms with Crippen LogP contribution in [0.25, 0.3) is 0 Å². The summed E-state index contributed by atoms with van der Waals surface area (Å²) >= 11 is 0. The molecule has 0 amide bonds. The van der Waals surface area contributed by atoms with Gasteiger partial charge in [-0.05, 0) is 44.7 Å². The highest BCUT2D eigenvalue weighted by Crippen LogP contribution is 2.18. The van der Waals surface area contributed by atoms with Gasteiger partial charge in [-0.3, -0.25) is 9.78 Å². The minimum Gasteiger partial charge on any atom is -0.369 e. The van der Waals surface area contributed by atoms with Gasteiger partial charge in [0.25, 0.3) is 5.56 Å². The molecule has 0 saturated carbocycles. The summed E-state index contributed by atoms with van der Waals surface area (Å²) in [5, 5.41) is 3.04. The Balaban J connectivity index is 1.86. The van der Waals surface area contributed by atoms with Gasteiger partial charge >= 0.3 is 0 Å². The Kier molecular flexibility index (Phi) is 3.66. The van der Waals surface area contributed by atoms with E-state index in [9.17, 15) is 4.79 Å². The van der Waals surface area contributed by atoms with Crippen LogP contribution in [0.15, 0.2) is 28.0 Å². The Bertz CT molecular complexity index is 807. The molecule has 114 valence electrons. The second kappa shape index (κ2) is 5.63. The highest BCUT2D eigenvalue weighted by Gasteiger charge is 2.17. The first-order valence-electron chi connectivity index (χ1n) is 7.33. The SMILES string of the molecule is Cc1ccc(N/C(N)=N/c2nc3c(c(=O)[nH]2)CCC3)c(C)c1. The molecule has 0 unspecified atom stereocenters. The summed E-state index contributed by atoms with van der Waals surface area (Å²) in [4.78, 5) is 23.2. The quantitative estimate of drug-likeness (QED) is 0.583. The maximum atomic E-state index is 11.9. The molecule has 6 heteroatoms. The fraction of sp³-hybridized carbons (Fsp3) is 0.312. The number of aryl methyl sites for hydroxylation is 3. The number of nitrogens with zero attached hydrogens (tertiary/aromatic N) is 2. The second-order valence-electron chi connectivity index (χ2n) is 5.61. The van der Waals surface area contributed by atoms with Crippen molar-refractivity contribution in [2.75, 3.05) is 5.32 Å². The summed E-state index contributed by atoms with van der Waals surface area (Å²) in [5.74, 6) is 0.452. The van der Waals surface area contributed by atoms with Gasteiger partial charge in [0.05, 0.1) is 5.69 Å². The van der Waals surface area contributed by atoms with Crippen molar-refractivity contribution in [3.63, 3.8) is 0 Å². The lowest BCUT2D eigenvalue weighted by Gasteiger charge is -2.09. The largest absolute Gasteiger partial charge is 0.369 e. The summed E-state index contributed by atoms with van der Waals surface area (Å²) < 4.78 is 0. The van der Waals surface area contributed by atoms with Crippen molar-refractivity contribution in [1.82, 2.24) is 9.97 Å². The first-order valence-corrected chi connectivity index (χ1v) is 7.33. The maximum absolute atomic E-state index is 11.9. The molecular weight excluding hydrogens is 278 g/mol. The second-order valence-corrected chi connectivity index (χ2v) is 5.61. The summed E-state index contributed by atoms with van der Waals surface area (Å²) in [6.45, 7) is 4.03. The molecule has 0 spiro atoms. The molecule has 1 heterocycles. The van der Waals surface area contributed by atoms with Crippen LogP contribution >= 0.6 is 0 Å². The number of H-pyrrole nitrogens is 1. The standard InChI is InChI=1S/C16H19N5O/c1-9-6-7-12(10(2)8-9)18-15(17)21-16-19-13-5-3-4-11(13)14(22)20-16/h6-8H,3-5H2,1-2H3,(H4,17,18,19,20,21,22). The monoisotopic (exact) mass is 297 g/mol. The Hall–Kier alpha value is -2.63. The lowest BCUT2D eigenvalue weighted by molar-refractivity contribution is 0.898. The summed E-state index contributed by atoms with van der Waals surface area (Å²) in [6, 6.07) is 6.01. The normalized spacial score (nSPS) is 14.0. The van der Waals surface area contributed by atoms with Gasteiger partial charge in [0.2, 0.25) is 11.9 Å². The van der Waals surface area contributed by atoms with Gasteiger partial charge in [0, 0.05) is 11.3 Å². The van der Waals surface area contributed by atoms with Crippen LogP contribution in [0.2, 0.25) is 0 Å². The smallest absolute Gasteiger partial charge is 0.255 e. The molecule has 0 aliphatic heterocycles. The number of aromatic amines is 1. The number of guanidine groups is 1. The van der Waals surface area contributed by atoms with Gasteiger partial charge in [-0.1, -0.05) is 17.7 Å². The van der Waals surface area contributed by atoms with E-state index in [-0.39, 0.29) is 17.5 Å². The molecule has 6 nitrogen and oxygen atoms in total. The van der Waals surface area contributed by atoms with E-state index in [4.69, 9.17) is 5.73 Å². The zero-order chi connectivity index (χ0) is 15.7. The lowest BCUT2D eigenvalue weighted by Crippen LogP contribution is -2.23. The topological polar surface area (TPSA) is 96.2 Å². The Morgan fingerprint density at radius 3 is 2.95 bits per heavy atom. The van der Waals surface area contributed by atoms with Crippen LogP contribution < -0.4 is 16.6 Å². The van der Waals surface area contributed by atoms with E-state index < -0.39 is 0 Å². The minimum absolute atomic E-state index is 0.111. The molecule has 1 aliphatic rings. The molecule has 1 aliphatic carbocycles. The van der Waals surface area contributed by atoms with Crippen LogP contribution in [-0.4, -0.2) is 15.9 Å². The van der Waals surface area contributed by atoms with Gasteiger partial charge in [-0.2, -0.15) is 4.99 Å². The molecule has 0 atom stereocenters. The molecule has 3 rings (SSSR count). The van der Waals surface area contributed by atoms with Crippen molar-refractivity contribution in [2.45, 2.75) is 33.1 Å². The third kappa shape index (κ3) is 2.86. The van der Waals surface area contributed by atoms with Gasteiger partial charge in [-0.15, -0.1) is 0 Å². The Morgan fingerprint density at radius 1 is 1.36 bits per heavy atom. The first kappa shape index (κ1) is 14.3. The summed E-state index contributed by atoms with van der Waals surface area (Å²) in [5.41, 5.74) is 10.6. The van der Waals surface area contributed by atoms with Crippen molar-refractivity contribution in [3.05, 3.63) is 50.9 Å². The van der Waals surface area contributed by atoms with E-state index in [0.717, 1.165) is 41.8 Å². The number of fused-ring (bicyclic) bond motifs is 1.